The third-order valence-corrected chi connectivity index (χ3v) is 4.06. The highest BCUT2D eigenvalue weighted by Crippen LogP contribution is 2.29. The number of nitrogens with one attached hydrogen (secondary N) is 1. The van der Waals surface area contributed by atoms with Crippen molar-refractivity contribution in [1.82, 2.24) is 10.2 Å². The number of hydrogen-bond acceptors (Lipinski definition) is 2. The van der Waals surface area contributed by atoms with E-state index in [4.69, 9.17) is 0 Å². The Balaban J connectivity index is 1.88. The number of benzene rings is 2. The second-order valence-corrected chi connectivity index (χ2v) is 5.99. The lowest BCUT2D eigenvalue weighted by molar-refractivity contribution is -0.137. The normalized spacial score (nSPS) is 12.9. The largest absolute Gasteiger partial charge is 0.416 e. The Hall–Kier alpha value is -2.34. The Morgan fingerprint density at radius 1 is 1.04 bits per heavy atom. The maximum Gasteiger partial charge on any atom is 0.416 e. The molecule has 3 nitrogen and oxygen atoms in total. The van der Waals surface area contributed by atoms with Crippen LogP contribution in [0.4, 0.5) is 13.2 Å². The number of amides is 1. The highest BCUT2D eigenvalue weighted by atomic mass is 19.4. The van der Waals surface area contributed by atoms with Gasteiger partial charge in [-0.2, -0.15) is 13.2 Å². The first-order valence-electron chi connectivity index (χ1n) is 7.95. The summed E-state index contributed by atoms with van der Waals surface area (Å²) < 4.78 is 37.7. The molecule has 2 aromatic rings. The number of carbonyl (C=O) groups excluding carboxylic acids is 1. The van der Waals surface area contributed by atoms with E-state index in [0.717, 1.165) is 23.3 Å². The molecule has 0 saturated heterocycles. The fourth-order valence-electron chi connectivity index (χ4n) is 2.36. The fourth-order valence-corrected chi connectivity index (χ4v) is 2.36. The second kappa shape index (κ2) is 8.16. The molecule has 2 rings (SSSR count). The van der Waals surface area contributed by atoms with Crippen molar-refractivity contribution in [2.24, 2.45) is 0 Å². The molecule has 1 N–H and O–H groups in total. The van der Waals surface area contributed by atoms with Gasteiger partial charge < -0.3 is 5.32 Å². The highest BCUT2D eigenvalue weighted by Gasteiger charge is 2.30. The van der Waals surface area contributed by atoms with Gasteiger partial charge in [0.2, 0.25) is 5.91 Å². The van der Waals surface area contributed by atoms with Gasteiger partial charge in [-0.15, -0.1) is 0 Å². The van der Waals surface area contributed by atoms with Crippen LogP contribution in [0.3, 0.4) is 0 Å². The Bertz CT molecular complexity index is 684. The molecule has 6 heteroatoms. The number of halogens is 3. The summed E-state index contributed by atoms with van der Waals surface area (Å²) in [6.07, 6.45) is -4.34. The predicted molar refractivity (Wildman–Crippen MR) is 90.7 cm³/mol. The van der Waals surface area contributed by atoms with Gasteiger partial charge in [0.1, 0.15) is 0 Å². The van der Waals surface area contributed by atoms with E-state index < -0.39 is 17.8 Å². The summed E-state index contributed by atoms with van der Waals surface area (Å²) in [6, 6.07) is 14.2. The molecule has 2 aromatic carbocycles. The summed E-state index contributed by atoms with van der Waals surface area (Å²) >= 11 is 0. The van der Waals surface area contributed by atoms with Crippen molar-refractivity contribution in [1.29, 1.82) is 0 Å². The fraction of sp³-hybridized carbons (Fsp3) is 0.316. The highest BCUT2D eigenvalue weighted by molar-refractivity contribution is 5.81. The van der Waals surface area contributed by atoms with Crippen LogP contribution in [-0.4, -0.2) is 23.9 Å². The maximum absolute atomic E-state index is 12.6. The summed E-state index contributed by atoms with van der Waals surface area (Å²) in [5, 5.41) is 2.87. The minimum Gasteiger partial charge on any atom is -0.351 e. The van der Waals surface area contributed by atoms with Crippen LogP contribution in [0.15, 0.2) is 54.6 Å². The molecule has 0 spiro atoms. The van der Waals surface area contributed by atoms with E-state index >= 15 is 0 Å². The predicted octanol–water partition coefficient (Wildman–Crippen LogP) is 3.84. The molecule has 0 aliphatic rings. The van der Waals surface area contributed by atoms with Crippen molar-refractivity contribution in [3.63, 3.8) is 0 Å². The molecule has 0 bridgehead atoms. The van der Waals surface area contributed by atoms with Crippen LogP contribution in [0.25, 0.3) is 0 Å². The number of rotatable bonds is 6. The molecule has 0 saturated carbocycles. The van der Waals surface area contributed by atoms with Crippen LogP contribution < -0.4 is 5.32 Å². The van der Waals surface area contributed by atoms with Gasteiger partial charge in [-0.25, -0.2) is 0 Å². The molecule has 1 atom stereocenters. The Morgan fingerprint density at radius 2 is 1.64 bits per heavy atom. The SMILES string of the molecule is CC(C(=O)NCc1ccccc1)N(C)Cc1ccc(C(F)(F)F)cc1. The summed E-state index contributed by atoms with van der Waals surface area (Å²) in [6.45, 7) is 2.60. The maximum atomic E-state index is 12.6. The van der Waals surface area contributed by atoms with E-state index in [9.17, 15) is 18.0 Å². The lowest BCUT2D eigenvalue weighted by Gasteiger charge is -2.24. The smallest absolute Gasteiger partial charge is 0.351 e. The first-order chi connectivity index (χ1) is 11.8. The van der Waals surface area contributed by atoms with Crippen LogP contribution in [0.1, 0.15) is 23.6 Å². The minimum atomic E-state index is -4.34. The third-order valence-electron chi connectivity index (χ3n) is 4.06. The third kappa shape index (κ3) is 5.60. The van der Waals surface area contributed by atoms with Crippen LogP contribution in [0.2, 0.25) is 0 Å². The Labute approximate surface area is 145 Å². The summed E-state index contributed by atoms with van der Waals surface area (Å²) in [5.41, 5.74) is 1.05. The van der Waals surface area contributed by atoms with Gasteiger partial charge in [-0.1, -0.05) is 42.5 Å². The van der Waals surface area contributed by atoms with Gasteiger partial charge in [0, 0.05) is 13.1 Å². The summed E-state index contributed by atoms with van der Waals surface area (Å²) in [4.78, 5) is 14.0. The van der Waals surface area contributed by atoms with Gasteiger partial charge in [0.25, 0.3) is 0 Å². The average Bonchev–Trinajstić information content (AvgIpc) is 2.59. The van der Waals surface area contributed by atoms with E-state index in [1.54, 1.807) is 18.9 Å². The lowest BCUT2D eigenvalue weighted by Crippen LogP contribution is -2.42. The number of carbonyl (C=O) groups is 1. The van der Waals surface area contributed by atoms with Crippen LogP contribution >= 0.6 is 0 Å². The van der Waals surface area contributed by atoms with E-state index in [2.05, 4.69) is 5.32 Å². The summed E-state index contributed by atoms with van der Waals surface area (Å²) in [7, 11) is 1.77. The van der Waals surface area contributed by atoms with Gasteiger partial charge in [-0.3, -0.25) is 9.69 Å². The zero-order valence-corrected chi connectivity index (χ0v) is 14.2. The van der Waals surface area contributed by atoms with Crippen molar-refractivity contribution in [2.45, 2.75) is 32.2 Å². The van der Waals surface area contributed by atoms with E-state index in [-0.39, 0.29) is 5.91 Å². The zero-order valence-electron chi connectivity index (χ0n) is 14.2. The first-order valence-corrected chi connectivity index (χ1v) is 7.95. The molecular formula is C19H21F3N2O. The van der Waals surface area contributed by atoms with Crippen molar-refractivity contribution in [2.75, 3.05) is 7.05 Å². The van der Waals surface area contributed by atoms with Crippen molar-refractivity contribution in [3.8, 4) is 0 Å². The topological polar surface area (TPSA) is 32.3 Å². The molecule has 1 amide bonds. The summed E-state index contributed by atoms with van der Waals surface area (Å²) in [5.74, 6) is -0.127. The van der Waals surface area contributed by atoms with Crippen LogP contribution in [-0.2, 0) is 24.1 Å². The van der Waals surface area contributed by atoms with Gasteiger partial charge in [0.15, 0.2) is 0 Å². The first kappa shape index (κ1) is 19.0. The van der Waals surface area contributed by atoms with E-state index in [1.165, 1.54) is 12.1 Å². The number of nitrogens with zero attached hydrogens (tertiary/aromatic N) is 1. The number of hydrogen-bond donors (Lipinski definition) is 1. The average molecular weight is 350 g/mol. The number of alkyl halides is 3. The van der Waals surface area contributed by atoms with Gasteiger partial charge in [-0.05, 0) is 37.2 Å². The molecule has 0 aliphatic carbocycles. The Kier molecular flexibility index (Phi) is 6.20. The van der Waals surface area contributed by atoms with Gasteiger partial charge in [0.05, 0.1) is 11.6 Å². The zero-order chi connectivity index (χ0) is 18.4. The molecular weight excluding hydrogens is 329 g/mol. The van der Waals surface area contributed by atoms with Crippen LogP contribution in [0.5, 0.6) is 0 Å². The lowest BCUT2D eigenvalue weighted by atomic mass is 10.1. The van der Waals surface area contributed by atoms with Crippen molar-refractivity contribution < 1.29 is 18.0 Å². The monoisotopic (exact) mass is 350 g/mol. The van der Waals surface area contributed by atoms with E-state index in [1.807, 2.05) is 30.3 Å². The molecule has 0 fully saturated rings. The molecule has 0 aromatic heterocycles. The standard InChI is InChI=1S/C19H21F3N2O/c1-14(18(25)23-12-15-6-4-3-5-7-15)24(2)13-16-8-10-17(11-9-16)19(20,21)22/h3-11,14H,12-13H2,1-2H3,(H,23,25). The van der Waals surface area contributed by atoms with Crippen LogP contribution in [0, 0.1) is 0 Å². The number of likely N-dealkylation sites (N-methyl/N-ethyl adjacent to an activating group) is 1. The molecule has 0 aliphatic heterocycles. The van der Waals surface area contributed by atoms with Gasteiger partial charge >= 0.3 is 6.18 Å². The van der Waals surface area contributed by atoms with Crippen molar-refractivity contribution >= 4 is 5.91 Å². The molecule has 134 valence electrons. The molecule has 25 heavy (non-hydrogen) atoms. The Morgan fingerprint density at radius 3 is 2.20 bits per heavy atom. The molecule has 1 unspecified atom stereocenters. The van der Waals surface area contributed by atoms with Crippen molar-refractivity contribution in [3.05, 3.63) is 71.3 Å². The van der Waals surface area contributed by atoms with E-state index in [0.29, 0.717) is 13.1 Å². The quantitative estimate of drug-likeness (QED) is 0.858. The second-order valence-electron chi connectivity index (χ2n) is 5.99. The minimum absolute atomic E-state index is 0.127. The molecule has 0 radical (unpaired) electrons. The molecule has 0 heterocycles.